The molecule has 0 saturated carbocycles. The fourth-order valence-corrected chi connectivity index (χ4v) is 5.61. The number of fused-ring (bicyclic) bond motifs is 1. The van der Waals surface area contributed by atoms with Gasteiger partial charge in [-0.15, -0.1) is 11.3 Å². The summed E-state index contributed by atoms with van der Waals surface area (Å²) >= 11 is 1.30. The molecule has 0 spiro atoms. The molecule has 0 unspecified atom stereocenters. The topological polar surface area (TPSA) is 180 Å². The second-order valence-corrected chi connectivity index (χ2v) is 12.3. The summed E-state index contributed by atoms with van der Waals surface area (Å²) in [4.78, 5) is 76.2. The number of aryl methyl sites for hydroxylation is 1. The number of aromatic nitrogens is 4. The van der Waals surface area contributed by atoms with Crippen LogP contribution in [0.4, 0.5) is 0 Å². The lowest BCUT2D eigenvalue weighted by molar-refractivity contribution is -0.132. The second kappa shape index (κ2) is 16.1. The molecule has 3 atom stereocenters. The van der Waals surface area contributed by atoms with E-state index in [1.807, 2.05) is 44.2 Å². The van der Waals surface area contributed by atoms with Crippen LogP contribution in [0.2, 0.25) is 0 Å². The van der Waals surface area contributed by atoms with Crippen molar-refractivity contribution < 1.29 is 24.0 Å². The monoisotopic (exact) mass is 651 g/mol. The Bertz CT molecular complexity index is 1510. The molecule has 0 radical (unpaired) electrons. The molecule has 1 aliphatic heterocycles. The summed E-state index contributed by atoms with van der Waals surface area (Å²) in [6.45, 7) is 7.52. The predicted molar refractivity (Wildman–Crippen MR) is 170 cm³/mol. The number of hydrogen-bond acceptors (Lipinski definition) is 9. The zero-order valence-corrected chi connectivity index (χ0v) is 27.3. The lowest BCUT2D eigenvalue weighted by Crippen LogP contribution is -2.54. The Kier molecular flexibility index (Phi) is 11.9. The zero-order chi connectivity index (χ0) is 33.2. The first-order valence-electron chi connectivity index (χ1n) is 15.3. The van der Waals surface area contributed by atoms with Crippen molar-refractivity contribution in [2.45, 2.75) is 71.6 Å². The summed E-state index contributed by atoms with van der Waals surface area (Å²) in [5.74, 6) is -1.30. The largest absolute Gasteiger partial charge is 0.353 e. The van der Waals surface area contributed by atoms with Crippen LogP contribution in [0, 0.1) is 12.8 Å². The van der Waals surface area contributed by atoms with Crippen molar-refractivity contribution in [2.24, 2.45) is 5.92 Å². The molecule has 2 aromatic heterocycles. The minimum absolute atomic E-state index is 0.0588. The van der Waals surface area contributed by atoms with Gasteiger partial charge in [0.15, 0.2) is 5.82 Å². The molecule has 246 valence electrons. The molecule has 0 bridgehead atoms. The van der Waals surface area contributed by atoms with Crippen molar-refractivity contribution in [1.29, 1.82) is 0 Å². The Morgan fingerprint density at radius 2 is 1.78 bits per heavy atom. The van der Waals surface area contributed by atoms with E-state index in [4.69, 9.17) is 0 Å². The average Bonchev–Trinajstić information content (AvgIpc) is 3.68. The van der Waals surface area contributed by atoms with Gasteiger partial charge >= 0.3 is 0 Å². The van der Waals surface area contributed by atoms with Gasteiger partial charge in [-0.05, 0) is 31.7 Å². The van der Waals surface area contributed by atoms with Gasteiger partial charge in [-0.25, -0.2) is 14.6 Å². The van der Waals surface area contributed by atoms with Gasteiger partial charge in [0.1, 0.15) is 30.1 Å². The van der Waals surface area contributed by atoms with Gasteiger partial charge in [0.25, 0.3) is 5.91 Å². The molecule has 14 nitrogen and oxygen atoms in total. The van der Waals surface area contributed by atoms with Gasteiger partial charge in [0.05, 0.1) is 11.6 Å². The van der Waals surface area contributed by atoms with Crippen LogP contribution < -0.4 is 21.3 Å². The van der Waals surface area contributed by atoms with Gasteiger partial charge in [0, 0.05) is 37.9 Å². The first-order valence-corrected chi connectivity index (χ1v) is 16.3. The quantitative estimate of drug-likeness (QED) is 0.324. The number of thiazole rings is 1. The van der Waals surface area contributed by atoms with Crippen molar-refractivity contribution in [3.8, 4) is 0 Å². The maximum Gasteiger partial charge on any atom is 0.273 e. The van der Waals surface area contributed by atoms with Crippen LogP contribution in [0.5, 0.6) is 0 Å². The van der Waals surface area contributed by atoms with Gasteiger partial charge < -0.3 is 26.2 Å². The third-order valence-electron chi connectivity index (χ3n) is 7.50. The molecule has 0 saturated heterocycles. The third kappa shape index (κ3) is 9.42. The Labute approximate surface area is 271 Å². The van der Waals surface area contributed by atoms with E-state index in [0.29, 0.717) is 18.1 Å². The highest BCUT2D eigenvalue weighted by Gasteiger charge is 2.31. The summed E-state index contributed by atoms with van der Waals surface area (Å²) in [5.41, 5.74) is 2.69. The minimum Gasteiger partial charge on any atom is -0.353 e. The molecular formula is C31H41N9O5S. The first kappa shape index (κ1) is 34.2. The van der Waals surface area contributed by atoms with E-state index in [9.17, 15) is 24.0 Å². The summed E-state index contributed by atoms with van der Waals surface area (Å²) in [6.07, 6.45) is 0.589. The SMILES string of the molecule is Cc1nc2n(n1)CC(=O)NCCN(C(=O)c1cscn1)CCCC(=O)N[C@@H](C)C(=O)N[C@H](Cc1ccccc1)C(=O)N[C@H]2C(C)C. The van der Waals surface area contributed by atoms with Crippen LogP contribution in [-0.2, 0) is 32.1 Å². The summed E-state index contributed by atoms with van der Waals surface area (Å²) in [5, 5.41) is 17.4. The lowest BCUT2D eigenvalue weighted by atomic mass is 10.0. The average molecular weight is 652 g/mol. The molecule has 0 aliphatic carbocycles. The maximum atomic E-state index is 13.8. The van der Waals surface area contributed by atoms with E-state index in [1.54, 1.807) is 29.6 Å². The van der Waals surface area contributed by atoms with Crippen molar-refractivity contribution in [3.05, 3.63) is 64.1 Å². The number of rotatable bonds is 4. The van der Waals surface area contributed by atoms with Crippen LogP contribution in [0.3, 0.4) is 0 Å². The molecule has 0 fully saturated rings. The molecular weight excluding hydrogens is 610 g/mol. The van der Waals surface area contributed by atoms with Crippen molar-refractivity contribution >= 4 is 40.9 Å². The summed E-state index contributed by atoms with van der Waals surface area (Å²) in [6, 6.07) is 6.77. The smallest absolute Gasteiger partial charge is 0.273 e. The van der Waals surface area contributed by atoms with Gasteiger partial charge in [0.2, 0.25) is 23.6 Å². The number of nitrogens with zero attached hydrogens (tertiary/aromatic N) is 5. The van der Waals surface area contributed by atoms with Crippen LogP contribution in [0.15, 0.2) is 41.2 Å². The first-order chi connectivity index (χ1) is 22.0. The molecule has 3 aromatic rings. The Hall–Kier alpha value is -4.66. The summed E-state index contributed by atoms with van der Waals surface area (Å²) in [7, 11) is 0. The molecule has 4 N–H and O–H groups in total. The molecule has 15 heteroatoms. The van der Waals surface area contributed by atoms with Crippen molar-refractivity contribution in [1.82, 2.24) is 45.9 Å². The van der Waals surface area contributed by atoms with Crippen LogP contribution in [0.1, 0.15) is 67.4 Å². The molecule has 5 amide bonds. The summed E-state index contributed by atoms with van der Waals surface area (Å²) < 4.78 is 1.47. The van der Waals surface area contributed by atoms with Gasteiger partial charge in [-0.1, -0.05) is 44.2 Å². The van der Waals surface area contributed by atoms with Crippen molar-refractivity contribution in [3.63, 3.8) is 0 Å². The van der Waals surface area contributed by atoms with E-state index in [-0.39, 0.29) is 68.4 Å². The molecule has 3 heterocycles. The highest BCUT2D eigenvalue weighted by molar-refractivity contribution is 7.07. The second-order valence-electron chi connectivity index (χ2n) is 11.6. The van der Waals surface area contributed by atoms with Gasteiger partial charge in [-0.2, -0.15) is 5.10 Å². The fraction of sp³-hybridized carbons (Fsp3) is 0.484. The van der Waals surface area contributed by atoms with Gasteiger partial charge in [-0.3, -0.25) is 24.0 Å². The highest BCUT2D eigenvalue weighted by Crippen LogP contribution is 2.21. The number of benzene rings is 1. The van der Waals surface area contributed by atoms with E-state index >= 15 is 0 Å². The number of nitrogens with one attached hydrogen (secondary N) is 4. The van der Waals surface area contributed by atoms with Crippen molar-refractivity contribution in [2.75, 3.05) is 19.6 Å². The molecule has 1 aliphatic rings. The highest BCUT2D eigenvalue weighted by atomic mass is 32.1. The van der Waals surface area contributed by atoms with Crippen LogP contribution in [0.25, 0.3) is 0 Å². The standard InChI is InChI=1S/C31H41N9O5S/c1-19(2)27-28-35-21(4)38-40(28)16-26(42)32-12-14-39(31(45)24-17-46-18-33-24)13-8-11-25(41)34-20(3)29(43)36-23(30(44)37-27)15-22-9-6-5-7-10-22/h5-7,9-10,17-20,23,27H,8,11-16H2,1-4H3,(H,32,42)(H,34,41)(H,36,43)(H,37,44)/t20-,23+,27-/m0/s1. The van der Waals surface area contributed by atoms with Crippen LogP contribution >= 0.6 is 11.3 Å². The Balaban J connectivity index is 1.62. The molecule has 4 rings (SSSR count). The maximum absolute atomic E-state index is 13.8. The zero-order valence-electron chi connectivity index (χ0n) is 26.5. The fourth-order valence-electron chi connectivity index (χ4n) is 5.08. The lowest BCUT2D eigenvalue weighted by Gasteiger charge is -2.27. The van der Waals surface area contributed by atoms with E-state index in [2.05, 4.69) is 36.3 Å². The third-order valence-corrected chi connectivity index (χ3v) is 8.09. The molecule has 1 aromatic carbocycles. The number of hydrogen-bond donors (Lipinski definition) is 4. The molecule has 46 heavy (non-hydrogen) atoms. The van der Waals surface area contributed by atoms with E-state index in [0.717, 1.165) is 5.56 Å². The Morgan fingerprint density at radius 3 is 2.48 bits per heavy atom. The minimum atomic E-state index is -0.966. The van der Waals surface area contributed by atoms with E-state index in [1.165, 1.54) is 16.0 Å². The Morgan fingerprint density at radius 1 is 1.02 bits per heavy atom. The van der Waals surface area contributed by atoms with Crippen LogP contribution in [-0.4, -0.2) is 85.9 Å². The predicted octanol–water partition coefficient (Wildman–Crippen LogP) is 1.14. The number of carbonyl (C=O) groups is 5. The number of amides is 5. The normalized spacial score (nSPS) is 21.1. The van der Waals surface area contributed by atoms with E-state index < -0.39 is 29.9 Å². The number of carbonyl (C=O) groups excluding carboxylic acids is 5.